The number of benzene rings is 2. The molecule has 27 heavy (non-hydrogen) atoms. The molecule has 0 bridgehead atoms. The van der Waals surface area contributed by atoms with Crippen LogP contribution in [0.4, 0.5) is 11.5 Å². The number of nitrogens with one attached hydrogen (secondary N) is 2. The number of hydrogen-bond donors (Lipinski definition) is 2. The van der Waals surface area contributed by atoms with Crippen molar-refractivity contribution < 1.29 is 4.79 Å². The highest BCUT2D eigenvalue weighted by atomic mass is 16.2. The van der Waals surface area contributed by atoms with Crippen molar-refractivity contribution in [1.29, 1.82) is 0 Å². The minimum absolute atomic E-state index is 0.182. The highest BCUT2D eigenvalue weighted by Crippen LogP contribution is 2.21. The monoisotopic (exact) mass is 358 g/mol. The maximum atomic E-state index is 13.0. The fourth-order valence-electron chi connectivity index (χ4n) is 2.77. The van der Waals surface area contributed by atoms with Crippen LogP contribution in [-0.4, -0.2) is 31.1 Å². The quantitative estimate of drug-likeness (QED) is 0.580. The van der Waals surface area contributed by atoms with Gasteiger partial charge in [-0.3, -0.25) is 4.79 Å². The molecular weight excluding hydrogens is 340 g/mol. The molecule has 0 saturated carbocycles. The van der Waals surface area contributed by atoms with Crippen LogP contribution in [0.2, 0.25) is 0 Å². The van der Waals surface area contributed by atoms with Gasteiger partial charge in [-0.05, 0) is 32.0 Å². The van der Waals surface area contributed by atoms with Crippen LogP contribution in [0.1, 0.15) is 21.7 Å². The van der Waals surface area contributed by atoms with Gasteiger partial charge < -0.3 is 5.32 Å². The van der Waals surface area contributed by atoms with E-state index in [2.05, 4.69) is 25.8 Å². The molecule has 2 N–H and O–H groups in total. The zero-order valence-electron chi connectivity index (χ0n) is 15.0. The first-order valence-corrected chi connectivity index (χ1v) is 8.53. The lowest BCUT2D eigenvalue weighted by molar-refractivity contribution is 0.0939. The third kappa shape index (κ3) is 3.35. The fraction of sp³-hybridized carbons (Fsp3) is 0.100. The molecule has 0 unspecified atom stereocenters. The lowest BCUT2D eigenvalue weighted by atomic mass is 10.1. The lowest BCUT2D eigenvalue weighted by Crippen LogP contribution is -2.17. The third-order valence-corrected chi connectivity index (χ3v) is 4.21. The average molecular weight is 358 g/mol. The number of nitrogens with zero attached hydrogens (tertiary/aromatic N) is 4. The van der Waals surface area contributed by atoms with Crippen LogP contribution in [0.15, 0.2) is 60.7 Å². The summed E-state index contributed by atoms with van der Waals surface area (Å²) < 4.78 is 1.35. The van der Waals surface area contributed by atoms with Crippen LogP contribution in [0.5, 0.6) is 0 Å². The summed E-state index contributed by atoms with van der Waals surface area (Å²) in [7, 11) is 0. The molecule has 0 aliphatic carbocycles. The van der Waals surface area contributed by atoms with Gasteiger partial charge in [0.1, 0.15) is 0 Å². The van der Waals surface area contributed by atoms with E-state index in [9.17, 15) is 4.79 Å². The van der Waals surface area contributed by atoms with Crippen molar-refractivity contribution in [3.63, 3.8) is 0 Å². The Labute approximate surface area is 156 Å². The molecule has 7 nitrogen and oxygen atoms in total. The molecule has 0 atom stereocenters. The topological polar surface area (TPSA) is 88.5 Å². The van der Waals surface area contributed by atoms with Crippen LogP contribution >= 0.6 is 0 Å². The Morgan fingerprint density at radius 3 is 2.48 bits per heavy atom. The highest BCUT2D eigenvalue weighted by molar-refractivity contribution is 5.99. The number of aromatic nitrogens is 5. The van der Waals surface area contributed by atoms with Gasteiger partial charge in [-0.15, -0.1) is 10.2 Å². The molecule has 2 aromatic heterocycles. The Morgan fingerprint density at radius 2 is 1.74 bits per heavy atom. The highest BCUT2D eigenvalue weighted by Gasteiger charge is 2.21. The molecule has 0 radical (unpaired) electrons. The van der Waals surface area contributed by atoms with Crippen molar-refractivity contribution in [2.45, 2.75) is 13.8 Å². The van der Waals surface area contributed by atoms with E-state index in [1.54, 1.807) is 0 Å². The molecule has 2 heterocycles. The molecule has 7 heteroatoms. The predicted molar refractivity (Wildman–Crippen MR) is 103 cm³/mol. The predicted octanol–water partition coefficient (Wildman–Crippen LogP) is 3.72. The Hall–Kier alpha value is -3.74. The second kappa shape index (κ2) is 6.87. The largest absolute Gasteiger partial charge is 0.337 e. The average Bonchev–Trinajstić information content (AvgIpc) is 3.30. The van der Waals surface area contributed by atoms with Crippen LogP contribution in [-0.2, 0) is 0 Å². The number of hydrogen-bond acceptors (Lipinski definition) is 5. The number of carbonyl (C=O) groups is 1. The Bertz CT molecular complexity index is 1080. The zero-order chi connectivity index (χ0) is 18.8. The van der Waals surface area contributed by atoms with Crippen LogP contribution < -0.4 is 5.32 Å². The molecule has 4 aromatic rings. The van der Waals surface area contributed by atoms with Crippen LogP contribution in [0.25, 0.3) is 11.3 Å². The van der Waals surface area contributed by atoms with Gasteiger partial charge in [0.05, 0.1) is 5.69 Å². The van der Waals surface area contributed by atoms with Crippen molar-refractivity contribution in [3.05, 3.63) is 77.6 Å². The Kier molecular flexibility index (Phi) is 4.25. The molecule has 2 aromatic carbocycles. The van der Waals surface area contributed by atoms with Gasteiger partial charge in [-0.25, -0.2) is 0 Å². The minimum atomic E-state index is -0.349. The zero-order valence-corrected chi connectivity index (χ0v) is 15.0. The molecule has 0 aliphatic heterocycles. The molecule has 134 valence electrons. The SMILES string of the molecule is Cc1ccc(Nc2n[nH]nc2C(=O)n2nc(-c3ccccc3)cc2C)cc1. The van der Waals surface area contributed by atoms with E-state index in [1.165, 1.54) is 4.68 Å². The van der Waals surface area contributed by atoms with Gasteiger partial charge in [0.2, 0.25) is 0 Å². The van der Waals surface area contributed by atoms with Crippen molar-refractivity contribution in [1.82, 2.24) is 25.2 Å². The first-order valence-electron chi connectivity index (χ1n) is 8.53. The lowest BCUT2D eigenvalue weighted by Gasteiger charge is -2.05. The Morgan fingerprint density at radius 1 is 1.00 bits per heavy atom. The summed E-state index contributed by atoms with van der Waals surface area (Å²) in [4.78, 5) is 13.0. The van der Waals surface area contributed by atoms with E-state index >= 15 is 0 Å². The molecule has 0 saturated heterocycles. The standard InChI is InChI=1S/C20H18N6O/c1-13-8-10-16(11-9-13)21-19-18(22-25-23-19)20(27)26-14(2)12-17(24-26)15-6-4-3-5-7-15/h3-12H,1-2H3,(H2,21,22,23,25). The number of carbonyl (C=O) groups excluding carboxylic acids is 1. The van der Waals surface area contributed by atoms with Gasteiger partial charge >= 0.3 is 5.91 Å². The third-order valence-electron chi connectivity index (χ3n) is 4.21. The van der Waals surface area contributed by atoms with Crippen molar-refractivity contribution in [2.75, 3.05) is 5.32 Å². The van der Waals surface area contributed by atoms with Gasteiger partial charge in [-0.2, -0.15) is 15.0 Å². The molecule has 0 amide bonds. The van der Waals surface area contributed by atoms with Gasteiger partial charge in [-0.1, -0.05) is 48.0 Å². The van der Waals surface area contributed by atoms with Crippen LogP contribution in [0, 0.1) is 13.8 Å². The maximum absolute atomic E-state index is 13.0. The smallest absolute Gasteiger partial charge is 0.302 e. The summed E-state index contributed by atoms with van der Waals surface area (Å²) in [5, 5.41) is 18.2. The molecule has 0 fully saturated rings. The Balaban J connectivity index is 1.64. The van der Waals surface area contributed by atoms with E-state index in [4.69, 9.17) is 0 Å². The summed E-state index contributed by atoms with van der Waals surface area (Å²) >= 11 is 0. The number of anilines is 2. The molecule has 0 aliphatic rings. The second-order valence-corrected chi connectivity index (χ2v) is 6.27. The maximum Gasteiger partial charge on any atom is 0.302 e. The summed E-state index contributed by atoms with van der Waals surface area (Å²) in [5.41, 5.74) is 4.57. The molecule has 4 rings (SSSR count). The van der Waals surface area contributed by atoms with Crippen LogP contribution in [0.3, 0.4) is 0 Å². The van der Waals surface area contributed by atoms with Gasteiger partial charge in [0.15, 0.2) is 11.5 Å². The van der Waals surface area contributed by atoms with Crippen molar-refractivity contribution in [2.24, 2.45) is 0 Å². The second-order valence-electron chi connectivity index (χ2n) is 6.27. The number of aryl methyl sites for hydroxylation is 2. The van der Waals surface area contributed by atoms with E-state index < -0.39 is 0 Å². The molecular formula is C20H18N6O. The minimum Gasteiger partial charge on any atom is -0.337 e. The van der Waals surface area contributed by atoms with E-state index in [-0.39, 0.29) is 11.6 Å². The number of H-pyrrole nitrogens is 1. The van der Waals surface area contributed by atoms with Crippen molar-refractivity contribution in [3.8, 4) is 11.3 Å². The van der Waals surface area contributed by atoms with E-state index in [0.29, 0.717) is 5.82 Å². The van der Waals surface area contributed by atoms with E-state index in [1.807, 2.05) is 74.5 Å². The first-order chi connectivity index (χ1) is 13.1. The fourth-order valence-corrected chi connectivity index (χ4v) is 2.77. The summed E-state index contributed by atoms with van der Waals surface area (Å²) in [6, 6.07) is 19.4. The molecule has 0 spiro atoms. The normalized spacial score (nSPS) is 10.7. The number of aromatic amines is 1. The summed E-state index contributed by atoms with van der Waals surface area (Å²) in [6.07, 6.45) is 0. The summed E-state index contributed by atoms with van der Waals surface area (Å²) in [6.45, 7) is 3.85. The summed E-state index contributed by atoms with van der Waals surface area (Å²) in [5.74, 6) is 0.0121. The number of rotatable bonds is 4. The van der Waals surface area contributed by atoms with Crippen molar-refractivity contribution >= 4 is 17.4 Å². The first kappa shape index (κ1) is 16.7. The van der Waals surface area contributed by atoms with Gasteiger partial charge in [0.25, 0.3) is 0 Å². The van der Waals surface area contributed by atoms with E-state index in [0.717, 1.165) is 28.2 Å². The van der Waals surface area contributed by atoms with Gasteiger partial charge in [0, 0.05) is 16.9 Å².